The number of fused-ring (bicyclic) bond motifs is 8. The first kappa shape index (κ1) is 58.1. The second-order valence-corrected chi connectivity index (χ2v) is 23.1. The Labute approximate surface area is 469 Å². The van der Waals surface area contributed by atoms with Gasteiger partial charge in [-0.3, -0.25) is 4.98 Å². The number of rotatable bonds is 6. The molecule has 2 aromatic heterocycles. The van der Waals surface area contributed by atoms with Gasteiger partial charge in [0.25, 0.3) is 0 Å². The van der Waals surface area contributed by atoms with Gasteiger partial charge >= 0.3 is 0 Å². The number of benzene rings is 9. The molecule has 9 aromatic carbocycles. The molecule has 0 fully saturated rings. The molecule has 1 aliphatic carbocycles. The normalized spacial score (nSPS) is 12.0. The van der Waals surface area contributed by atoms with E-state index in [0.717, 1.165) is 0 Å². The van der Waals surface area contributed by atoms with Gasteiger partial charge in [0.05, 0.1) is 0 Å². The van der Waals surface area contributed by atoms with E-state index in [9.17, 15) is 0 Å². The van der Waals surface area contributed by atoms with Crippen LogP contribution >= 0.6 is 0 Å². The SMILES string of the molecule is CC(C)c1ccc2c(c1)C(C)(C)c1ccccc1-2.CC(C)c1ccc2ccccc2c1.CC(C)c1cccc2ccccc12.CC(C)c1ccccc1.CC(C)c1ccncc1.CC(C)n1c2ccccc2c2ccccc21. The summed E-state index contributed by atoms with van der Waals surface area (Å²) in [5.41, 5.74) is 15.6. The van der Waals surface area contributed by atoms with Gasteiger partial charge in [-0.05, 0) is 139 Å². The largest absolute Gasteiger partial charge is 0.338 e. The van der Waals surface area contributed by atoms with Crippen molar-refractivity contribution >= 4 is 43.4 Å². The highest BCUT2D eigenvalue weighted by Gasteiger charge is 2.35. The van der Waals surface area contributed by atoms with Gasteiger partial charge < -0.3 is 4.57 Å². The zero-order chi connectivity index (χ0) is 55.9. The fourth-order valence-electron chi connectivity index (χ4n) is 10.5. The molecule has 0 amide bonds. The third-order valence-corrected chi connectivity index (χ3v) is 15.1. The standard InChI is InChI=1S/C18H20.C15H15N.2C13H14.C9H12.C8H11N/c1-12(2)13-9-10-15-14-7-5-6-8-16(14)18(3,4)17(15)11-13;1-11(2)16-14-9-5-3-7-12(14)13-8-4-6-10-15(13)16;1-10(2)12-9-5-7-11-6-3-4-8-13(11)12;1-10(2)12-8-7-11-5-3-4-6-13(11)9-12;1-8(2)9-6-4-3-5-7-9;1-7(2)8-3-5-9-6-4-8/h5-12H,1-4H3;3-11H,1-2H3;2*3-10H,1-2H3;3-8H,1-2H3;3-7H,1-2H3. The van der Waals surface area contributed by atoms with E-state index in [1.54, 1.807) is 0 Å². The minimum Gasteiger partial charge on any atom is -0.338 e. The zero-order valence-electron chi connectivity index (χ0n) is 49.3. The van der Waals surface area contributed by atoms with Gasteiger partial charge in [0.2, 0.25) is 0 Å². The van der Waals surface area contributed by atoms with Crippen LogP contribution < -0.4 is 0 Å². The van der Waals surface area contributed by atoms with Gasteiger partial charge in [-0.25, -0.2) is 0 Å². The molecule has 0 aliphatic heterocycles. The maximum Gasteiger partial charge on any atom is 0.0493 e. The summed E-state index contributed by atoms with van der Waals surface area (Å²) in [5, 5.41) is 8.10. The molecule has 2 heterocycles. The Morgan fingerprint density at radius 1 is 0.321 bits per heavy atom. The first-order valence-corrected chi connectivity index (χ1v) is 28.6. The lowest BCUT2D eigenvalue weighted by molar-refractivity contribution is 0.642. The molecule has 0 bridgehead atoms. The van der Waals surface area contributed by atoms with Crippen molar-refractivity contribution in [1.82, 2.24) is 9.55 Å². The van der Waals surface area contributed by atoms with E-state index in [0.29, 0.717) is 35.6 Å². The van der Waals surface area contributed by atoms with E-state index in [-0.39, 0.29) is 5.41 Å². The minimum atomic E-state index is 0.136. The average molecular weight is 1030 g/mol. The van der Waals surface area contributed by atoms with Gasteiger partial charge in [-0.2, -0.15) is 0 Å². The summed E-state index contributed by atoms with van der Waals surface area (Å²) in [5.74, 6) is 3.09. The predicted molar refractivity (Wildman–Crippen MR) is 343 cm³/mol. The Bertz CT molecular complexity index is 3500. The van der Waals surface area contributed by atoms with Crippen LogP contribution in [0.2, 0.25) is 0 Å². The average Bonchev–Trinajstić information content (AvgIpc) is 4.14. The molecule has 400 valence electrons. The lowest BCUT2D eigenvalue weighted by atomic mass is 9.81. The van der Waals surface area contributed by atoms with Crippen molar-refractivity contribution in [1.29, 1.82) is 0 Å². The minimum absolute atomic E-state index is 0.136. The van der Waals surface area contributed by atoms with Crippen LogP contribution in [0.4, 0.5) is 0 Å². The highest BCUT2D eigenvalue weighted by molar-refractivity contribution is 6.08. The molecule has 78 heavy (non-hydrogen) atoms. The van der Waals surface area contributed by atoms with Crippen molar-refractivity contribution in [2.45, 2.75) is 138 Å². The molecule has 0 saturated carbocycles. The van der Waals surface area contributed by atoms with E-state index >= 15 is 0 Å². The summed E-state index contributed by atoms with van der Waals surface area (Å²) in [6.07, 6.45) is 3.66. The van der Waals surface area contributed by atoms with Crippen LogP contribution in [-0.4, -0.2) is 9.55 Å². The molecule has 0 N–H and O–H groups in total. The number of para-hydroxylation sites is 2. The van der Waals surface area contributed by atoms with E-state index < -0.39 is 0 Å². The van der Waals surface area contributed by atoms with Crippen LogP contribution in [0.1, 0.15) is 172 Å². The number of hydrogen-bond acceptors (Lipinski definition) is 1. The number of nitrogens with zero attached hydrogens (tertiary/aromatic N) is 2. The number of aromatic nitrogens is 2. The molecule has 1 aliphatic rings. The lowest BCUT2D eigenvalue weighted by Crippen LogP contribution is -2.15. The molecular formula is C76H86N2. The fraction of sp³-hybridized carbons (Fsp3) is 0.276. The van der Waals surface area contributed by atoms with Crippen molar-refractivity contribution in [2.24, 2.45) is 0 Å². The van der Waals surface area contributed by atoms with E-state index in [1.807, 2.05) is 30.6 Å². The van der Waals surface area contributed by atoms with Gasteiger partial charge in [0.15, 0.2) is 0 Å². The molecule has 12 rings (SSSR count). The third-order valence-electron chi connectivity index (χ3n) is 15.1. The quantitative estimate of drug-likeness (QED) is 0.162. The summed E-state index contributed by atoms with van der Waals surface area (Å²) >= 11 is 0. The molecule has 0 saturated heterocycles. The van der Waals surface area contributed by atoms with Crippen molar-refractivity contribution in [3.63, 3.8) is 0 Å². The topological polar surface area (TPSA) is 17.8 Å². The summed E-state index contributed by atoms with van der Waals surface area (Å²) < 4.78 is 2.41. The van der Waals surface area contributed by atoms with Crippen LogP contribution in [0.3, 0.4) is 0 Å². The van der Waals surface area contributed by atoms with Crippen molar-refractivity contribution in [2.75, 3.05) is 0 Å². The van der Waals surface area contributed by atoms with Crippen LogP contribution in [0.15, 0.2) is 231 Å². The Hall–Kier alpha value is -7.55. The highest BCUT2D eigenvalue weighted by Crippen LogP contribution is 2.49. The van der Waals surface area contributed by atoms with Crippen molar-refractivity contribution in [3.05, 3.63) is 270 Å². The monoisotopic (exact) mass is 1030 g/mol. The second kappa shape index (κ2) is 27.2. The molecule has 0 radical (unpaired) electrons. The first-order valence-electron chi connectivity index (χ1n) is 28.6. The summed E-state index contributed by atoms with van der Waals surface area (Å²) in [6.45, 7) is 31.3. The second-order valence-electron chi connectivity index (χ2n) is 23.1. The zero-order valence-corrected chi connectivity index (χ0v) is 49.3. The van der Waals surface area contributed by atoms with Crippen LogP contribution in [0.25, 0.3) is 54.5 Å². The molecule has 2 nitrogen and oxygen atoms in total. The van der Waals surface area contributed by atoms with Gasteiger partial charge in [-0.15, -0.1) is 0 Å². The maximum atomic E-state index is 3.93. The van der Waals surface area contributed by atoms with Crippen LogP contribution in [-0.2, 0) is 5.41 Å². The smallest absolute Gasteiger partial charge is 0.0493 e. The van der Waals surface area contributed by atoms with Crippen molar-refractivity contribution in [3.8, 4) is 11.1 Å². The first-order chi connectivity index (χ1) is 37.5. The molecule has 0 atom stereocenters. The molecule has 0 unspecified atom stereocenters. The summed E-state index contributed by atoms with van der Waals surface area (Å²) in [6, 6.07) is 78.4. The van der Waals surface area contributed by atoms with Gasteiger partial charge in [0.1, 0.15) is 0 Å². The molecular weight excluding hydrogens is 941 g/mol. The molecule has 2 heteroatoms. The molecule has 11 aromatic rings. The van der Waals surface area contributed by atoms with E-state index in [4.69, 9.17) is 0 Å². The molecule has 0 spiro atoms. The van der Waals surface area contributed by atoms with E-state index in [1.165, 1.54) is 93.4 Å². The van der Waals surface area contributed by atoms with Crippen LogP contribution in [0.5, 0.6) is 0 Å². The predicted octanol–water partition coefficient (Wildman–Crippen LogP) is 22.4. The maximum absolute atomic E-state index is 3.93. The van der Waals surface area contributed by atoms with Crippen molar-refractivity contribution < 1.29 is 0 Å². The fourth-order valence-corrected chi connectivity index (χ4v) is 10.5. The van der Waals surface area contributed by atoms with Gasteiger partial charge in [0, 0.05) is 45.7 Å². The Morgan fingerprint density at radius 3 is 1.32 bits per heavy atom. The van der Waals surface area contributed by atoms with Gasteiger partial charge in [-0.1, -0.05) is 277 Å². The Morgan fingerprint density at radius 2 is 0.769 bits per heavy atom. The number of pyridine rings is 1. The highest BCUT2D eigenvalue weighted by atomic mass is 15.0. The number of hydrogen-bond donors (Lipinski definition) is 0. The summed E-state index contributed by atoms with van der Waals surface area (Å²) in [7, 11) is 0. The summed E-state index contributed by atoms with van der Waals surface area (Å²) in [4.78, 5) is 3.93. The van der Waals surface area contributed by atoms with Crippen LogP contribution in [0, 0.1) is 0 Å². The Kier molecular flexibility index (Phi) is 20.2. The van der Waals surface area contributed by atoms with E-state index in [2.05, 4.69) is 307 Å². The third kappa shape index (κ3) is 14.3. The lowest BCUT2D eigenvalue weighted by Gasteiger charge is -2.22. The Balaban J connectivity index is 0.000000138.